The molecule has 0 spiro atoms. The lowest BCUT2D eigenvalue weighted by Gasteiger charge is -2.16. The molecule has 1 heterocycles. The summed E-state index contributed by atoms with van der Waals surface area (Å²) in [7, 11) is 2.05. The van der Waals surface area contributed by atoms with Gasteiger partial charge in [0.15, 0.2) is 0 Å². The van der Waals surface area contributed by atoms with E-state index in [1.807, 2.05) is 14.0 Å². The van der Waals surface area contributed by atoms with Crippen LogP contribution < -0.4 is 0 Å². The third-order valence-corrected chi connectivity index (χ3v) is 2.99. The number of aryl methyl sites for hydroxylation is 1. The van der Waals surface area contributed by atoms with Gasteiger partial charge in [-0.05, 0) is 43.4 Å². The molecule has 86 valence electrons. The normalized spacial score (nSPS) is 17.2. The van der Waals surface area contributed by atoms with Crippen LogP contribution in [-0.4, -0.2) is 17.1 Å². The molecular formula is C13H17NO2. The molecule has 0 radical (unpaired) electrons. The van der Waals surface area contributed by atoms with Crippen molar-refractivity contribution in [3.63, 3.8) is 0 Å². The molecule has 2 rings (SSSR count). The van der Waals surface area contributed by atoms with E-state index in [0.717, 1.165) is 24.8 Å². The molecule has 3 nitrogen and oxygen atoms in total. The maximum Gasteiger partial charge on any atom is 0.331 e. The number of ether oxygens (including phenoxy) is 1. The highest BCUT2D eigenvalue weighted by atomic mass is 16.5. The third-order valence-electron chi connectivity index (χ3n) is 2.99. The summed E-state index contributed by atoms with van der Waals surface area (Å²) in [4.78, 5) is 11.4. The Morgan fingerprint density at radius 2 is 2.38 bits per heavy atom. The van der Waals surface area contributed by atoms with Crippen LogP contribution in [0.2, 0.25) is 0 Å². The highest BCUT2D eigenvalue weighted by molar-refractivity contribution is 5.92. The average molecular weight is 219 g/mol. The van der Waals surface area contributed by atoms with Crippen LogP contribution in [0.3, 0.4) is 0 Å². The van der Waals surface area contributed by atoms with Crippen LogP contribution in [0.25, 0.3) is 5.57 Å². The van der Waals surface area contributed by atoms with Crippen LogP contribution in [0, 0.1) is 0 Å². The summed E-state index contributed by atoms with van der Waals surface area (Å²) in [5.74, 6) is -0.228. The van der Waals surface area contributed by atoms with Crippen LogP contribution in [0.5, 0.6) is 0 Å². The molecule has 1 aliphatic rings. The predicted octanol–water partition coefficient (Wildman–Crippen LogP) is 2.31. The average Bonchev–Trinajstić information content (AvgIpc) is 2.62. The number of fused-ring (bicyclic) bond motifs is 1. The second-order valence-electron chi connectivity index (χ2n) is 4.06. The first-order valence-electron chi connectivity index (χ1n) is 5.74. The van der Waals surface area contributed by atoms with Crippen LogP contribution in [-0.2, 0) is 23.0 Å². The van der Waals surface area contributed by atoms with E-state index < -0.39 is 0 Å². The second kappa shape index (κ2) is 4.56. The Kier molecular flexibility index (Phi) is 3.13. The maximum absolute atomic E-state index is 11.4. The molecule has 0 aromatic carbocycles. The van der Waals surface area contributed by atoms with Gasteiger partial charge in [0.05, 0.1) is 6.61 Å². The van der Waals surface area contributed by atoms with E-state index in [0.29, 0.717) is 6.61 Å². The monoisotopic (exact) mass is 219 g/mol. The van der Waals surface area contributed by atoms with Gasteiger partial charge >= 0.3 is 5.97 Å². The van der Waals surface area contributed by atoms with E-state index in [9.17, 15) is 4.79 Å². The van der Waals surface area contributed by atoms with Gasteiger partial charge in [0.1, 0.15) is 0 Å². The maximum atomic E-state index is 11.4. The molecule has 0 N–H and O–H groups in total. The molecule has 1 aromatic rings. The second-order valence-corrected chi connectivity index (χ2v) is 4.06. The van der Waals surface area contributed by atoms with Gasteiger partial charge < -0.3 is 9.30 Å². The van der Waals surface area contributed by atoms with Gasteiger partial charge in [-0.3, -0.25) is 0 Å². The van der Waals surface area contributed by atoms with Crippen LogP contribution in [0.4, 0.5) is 0 Å². The SMILES string of the molecule is CCOC(=O)C=C1CCCc2c1ccn2C. The minimum absolute atomic E-state index is 0.228. The summed E-state index contributed by atoms with van der Waals surface area (Å²) < 4.78 is 7.08. The van der Waals surface area contributed by atoms with E-state index in [2.05, 4.69) is 16.8 Å². The minimum atomic E-state index is -0.228. The van der Waals surface area contributed by atoms with Crippen molar-refractivity contribution >= 4 is 11.5 Å². The largest absolute Gasteiger partial charge is 0.463 e. The third kappa shape index (κ3) is 2.03. The summed E-state index contributed by atoms with van der Waals surface area (Å²) in [5, 5.41) is 0. The van der Waals surface area contributed by atoms with E-state index in [1.54, 1.807) is 6.08 Å². The van der Waals surface area contributed by atoms with Gasteiger partial charge in [0, 0.05) is 25.0 Å². The van der Waals surface area contributed by atoms with Crippen molar-refractivity contribution in [3.8, 4) is 0 Å². The Morgan fingerprint density at radius 3 is 3.12 bits per heavy atom. The number of esters is 1. The van der Waals surface area contributed by atoms with Gasteiger partial charge in [-0.25, -0.2) is 4.79 Å². The Labute approximate surface area is 95.7 Å². The Hall–Kier alpha value is -1.51. The lowest BCUT2D eigenvalue weighted by Crippen LogP contribution is -2.07. The summed E-state index contributed by atoms with van der Waals surface area (Å²) in [6.07, 6.45) is 6.86. The van der Waals surface area contributed by atoms with Crippen molar-refractivity contribution in [2.24, 2.45) is 7.05 Å². The number of carbonyl (C=O) groups excluding carboxylic acids is 1. The zero-order valence-electron chi connectivity index (χ0n) is 9.82. The van der Waals surface area contributed by atoms with Gasteiger partial charge in [-0.15, -0.1) is 0 Å². The zero-order chi connectivity index (χ0) is 11.5. The minimum Gasteiger partial charge on any atom is -0.463 e. The number of rotatable bonds is 2. The first-order valence-corrected chi connectivity index (χ1v) is 5.74. The van der Waals surface area contributed by atoms with Crippen molar-refractivity contribution in [3.05, 3.63) is 29.6 Å². The molecule has 16 heavy (non-hydrogen) atoms. The van der Waals surface area contributed by atoms with Crippen molar-refractivity contribution in [2.45, 2.75) is 26.2 Å². The first-order chi connectivity index (χ1) is 7.72. The first kappa shape index (κ1) is 11.0. The van der Waals surface area contributed by atoms with E-state index >= 15 is 0 Å². The molecular weight excluding hydrogens is 202 g/mol. The number of allylic oxidation sites excluding steroid dienone is 1. The zero-order valence-corrected chi connectivity index (χ0v) is 9.82. The summed E-state index contributed by atoms with van der Waals surface area (Å²) in [5.41, 5.74) is 3.64. The quantitative estimate of drug-likeness (QED) is 0.564. The fourth-order valence-corrected chi connectivity index (χ4v) is 2.22. The number of nitrogens with zero attached hydrogens (tertiary/aromatic N) is 1. The topological polar surface area (TPSA) is 31.2 Å². The van der Waals surface area contributed by atoms with Crippen molar-refractivity contribution < 1.29 is 9.53 Å². The molecule has 0 bridgehead atoms. The van der Waals surface area contributed by atoms with Crippen LogP contribution in [0.1, 0.15) is 31.0 Å². The number of hydrogen-bond acceptors (Lipinski definition) is 2. The lowest BCUT2D eigenvalue weighted by molar-refractivity contribution is -0.137. The van der Waals surface area contributed by atoms with E-state index in [4.69, 9.17) is 4.74 Å². The smallest absolute Gasteiger partial charge is 0.331 e. The number of carbonyl (C=O) groups is 1. The predicted molar refractivity (Wildman–Crippen MR) is 63.0 cm³/mol. The molecule has 0 atom stereocenters. The van der Waals surface area contributed by atoms with E-state index in [-0.39, 0.29) is 5.97 Å². The van der Waals surface area contributed by atoms with Crippen molar-refractivity contribution in [1.29, 1.82) is 0 Å². The molecule has 1 aromatic heterocycles. The fraction of sp³-hybridized carbons (Fsp3) is 0.462. The van der Waals surface area contributed by atoms with Gasteiger partial charge in [0.25, 0.3) is 0 Å². The lowest BCUT2D eigenvalue weighted by atomic mass is 9.92. The van der Waals surface area contributed by atoms with Crippen LogP contribution >= 0.6 is 0 Å². The van der Waals surface area contributed by atoms with Gasteiger partial charge in [-0.2, -0.15) is 0 Å². The standard InChI is InChI=1S/C13H17NO2/c1-3-16-13(15)9-10-5-4-6-12-11(10)7-8-14(12)2/h7-9H,3-6H2,1-2H3. The molecule has 0 amide bonds. The van der Waals surface area contributed by atoms with Crippen molar-refractivity contribution in [2.75, 3.05) is 6.61 Å². The molecule has 0 unspecified atom stereocenters. The molecule has 0 saturated heterocycles. The Bertz CT molecular complexity index is 429. The summed E-state index contributed by atoms with van der Waals surface area (Å²) in [6.45, 7) is 2.26. The molecule has 0 fully saturated rings. The molecule has 0 aliphatic heterocycles. The van der Waals surface area contributed by atoms with Gasteiger partial charge in [0.2, 0.25) is 0 Å². The highest BCUT2D eigenvalue weighted by Gasteiger charge is 2.17. The van der Waals surface area contributed by atoms with Crippen molar-refractivity contribution in [1.82, 2.24) is 4.57 Å². The van der Waals surface area contributed by atoms with Crippen LogP contribution in [0.15, 0.2) is 18.3 Å². The van der Waals surface area contributed by atoms with Gasteiger partial charge in [-0.1, -0.05) is 0 Å². The fourth-order valence-electron chi connectivity index (χ4n) is 2.22. The highest BCUT2D eigenvalue weighted by Crippen LogP contribution is 2.30. The molecule has 0 saturated carbocycles. The van der Waals surface area contributed by atoms with E-state index in [1.165, 1.54) is 11.3 Å². The Morgan fingerprint density at radius 1 is 1.56 bits per heavy atom. The molecule has 1 aliphatic carbocycles. The number of hydrogen-bond donors (Lipinski definition) is 0. The summed E-state index contributed by atoms with van der Waals surface area (Å²) >= 11 is 0. The molecule has 3 heteroatoms. The number of aromatic nitrogens is 1. The summed E-state index contributed by atoms with van der Waals surface area (Å²) in [6, 6.07) is 2.08. The Balaban J connectivity index is 2.28.